The van der Waals surface area contributed by atoms with Gasteiger partial charge in [-0.2, -0.15) is 0 Å². The zero-order valence-electron chi connectivity index (χ0n) is 8.83. The van der Waals surface area contributed by atoms with Gasteiger partial charge in [-0.05, 0) is 48.3 Å². The summed E-state index contributed by atoms with van der Waals surface area (Å²) in [5.74, 6) is 0. The Labute approximate surface area is 99.4 Å². The lowest BCUT2D eigenvalue weighted by Crippen LogP contribution is -2.22. The Balaban J connectivity index is 2.83. The highest BCUT2D eigenvalue weighted by molar-refractivity contribution is 14.1. The van der Waals surface area contributed by atoms with E-state index in [-0.39, 0.29) is 6.10 Å². The number of halogens is 1. The van der Waals surface area contributed by atoms with E-state index in [4.69, 9.17) is 4.74 Å². The second-order valence-electron chi connectivity index (χ2n) is 3.51. The fourth-order valence-electron chi connectivity index (χ4n) is 1.37. The van der Waals surface area contributed by atoms with E-state index in [1.165, 1.54) is 9.13 Å². The number of methoxy groups -OCH3 is 1. The second-order valence-corrected chi connectivity index (χ2v) is 4.67. The molecule has 0 saturated heterocycles. The van der Waals surface area contributed by atoms with Crippen molar-refractivity contribution in [2.24, 2.45) is 0 Å². The molecule has 0 aliphatic heterocycles. The second kappa shape index (κ2) is 5.68. The van der Waals surface area contributed by atoms with Gasteiger partial charge in [-0.1, -0.05) is 18.2 Å². The molecule has 0 amide bonds. The molecule has 3 heteroatoms. The van der Waals surface area contributed by atoms with Gasteiger partial charge in [0.2, 0.25) is 0 Å². The van der Waals surface area contributed by atoms with Crippen LogP contribution in [0.15, 0.2) is 24.3 Å². The lowest BCUT2D eigenvalue weighted by atomic mass is 10.1. The summed E-state index contributed by atoms with van der Waals surface area (Å²) in [6.45, 7) is 0.913. The van der Waals surface area contributed by atoms with E-state index in [2.05, 4.69) is 59.8 Å². The minimum Gasteiger partial charge on any atom is -0.375 e. The van der Waals surface area contributed by atoms with Crippen molar-refractivity contribution in [1.82, 2.24) is 4.90 Å². The summed E-state index contributed by atoms with van der Waals surface area (Å²) in [6, 6.07) is 8.34. The van der Waals surface area contributed by atoms with Crippen molar-refractivity contribution in [3.63, 3.8) is 0 Å². The highest BCUT2D eigenvalue weighted by Crippen LogP contribution is 2.22. The van der Waals surface area contributed by atoms with Gasteiger partial charge in [0.15, 0.2) is 0 Å². The van der Waals surface area contributed by atoms with Crippen molar-refractivity contribution in [3.8, 4) is 0 Å². The summed E-state index contributed by atoms with van der Waals surface area (Å²) in [7, 11) is 5.88. The average molecular weight is 305 g/mol. The van der Waals surface area contributed by atoms with Crippen molar-refractivity contribution in [2.75, 3.05) is 27.7 Å². The molecule has 2 nitrogen and oxygen atoms in total. The zero-order chi connectivity index (χ0) is 10.6. The third-order valence-electron chi connectivity index (χ3n) is 2.07. The number of rotatable bonds is 4. The molecular formula is C11H16INO. The van der Waals surface area contributed by atoms with Crippen molar-refractivity contribution >= 4 is 22.6 Å². The number of nitrogens with zero attached hydrogens (tertiary/aromatic N) is 1. The standard InChI is InChI=1S/C11H16INO/c1-13(2)8-11(14-3)9-6-4-5-7-10(9)12/h4-7,11H,8H2,1-3H3/t11-/m0/s1. The Morgan fingerprint density at radius 1 is 1.36 bits per heavy atom. The third-order valence-corrected chi connectivity index (χ3v) is 3.05. The Hall–Kier alpha value is -0.130. The number of hydrogen-bond acceptors (Lipinski definition) is 2. The minimum atomic E-state index is 0.165. The first kappa shape index (κ1) is 11.9. The predicted octanol–water partition coefficient (Wildman–Crippen LogP) is 2.54. The van der Waals surface area contributed by atoms with E-state index in [1.807, 2.05) is 6.07 Å². The lowest BCUT2D eigenvalue weighted by Gasteiger charge is -2.21. The highest BCUT2D eigenvalue weighted by Gasteiger charge is 2.13. The largest absolute Gasteiger partial charge is 0.375 e. The first-order chi connectivity index (χ1) is 6.65. The quantitative estimate of drug-likeness (QED) is 0.793. The summed E-state index contributed by atoms with van der Waals surface area (Å²) in [4.78, 5) is 2.14. The molecule has 0 unspecified atom stereocenters. The normalized spacial score (nSPS) is 13.2. The molecule has 78 valence electrons. The van der Waals surface area contributed by atoms with E-state index in [9.17, 15) is 0 Å². The fraction of sp³-hybridized carbons (Fsp3) is 0.455. The molecule has 0 saturated carbocycles. The van der Waals surface area contributed by atoms with Crippen molar-refractivity contribution < 1.29 is 4.74 Å². The van der Waals surface area contributed by atoms with Gasteiger partial charge in [-0.25, -0.2) is 0 Å². The molecule has 0 heterocycles. The van der Waals surface area contributed by atoms with Crippen LogP contribution in [-0.2, 0) is 4.74 Å². The van der Waals surface area contributed by atoms with Crippen LogP contribution in [0.5, 0.6) is 0 Å². The maximum Gasteiger partial charge on any atom is 0.0957 e. The van der Waals surface area contributed by atoms with Gasteiger partial charge in [0, 0.05) is 17.2 Å². The Morgan fingerprint density at radius 2 is 2.00 bits per heavy atom. The zero-order valence-corrected chi connectivity index (χ0v) is 11.0. The third kappa shape index (κ3) is 3.22. The lowest BCUT2D eigenvalue weighted by molar-refractivity contribution is 0.0778. The van der Waals surface area contributed by atoms with E-state index < -0.39 is 0 Å². The van der Waals surface area contributed by atoms with Crippen LogP contribution < -0.4 is 0 Å². The molecule has 0 aromatic heterocycles. The van der Waals surface area contributed by atoms with Crippen molar-refractivity contribution in [2.45, 2.75) is 6.10 Å². The molecule has 0 spiro atoms. The Morgan fingerprint density at radius 3 is 2.50 bits per heavy atom. The van der Waals surface area contributed by atoms with Crippen molar-refractivity contribution in [3.05, 3.63) is 33.4 Å². The SMILES string of the molecule is CO[C@@H](CN(C)C)c1ccccc1I. The fourth-order valence-corrected chi connectivity index (χ4v) is 2.10. The van der Waals surface area contributed by atoms with E-state index in [0.717, 1.165) is 6.54 Å². The van der Waals surface area contributed by atoms with E-state index in [0.29, 0.717) is 0 Å². The van der Waals surface area contributed by atoms with Crippen LogP contribution in [0.2, 0.25) is 0 Å². The summed E-state index contributed by atoms with van der Waals surface area (Å²) in [6.07, 6.45) is 0.165. The summed E-state index contributed by atoms with van der Waals surface area (Å²) < 4.78 is 6.74. The van der Waals surface area contributed by atoms with Crippen LogP contribution >= 0.6 is 22.6 Å². The molecule has 14 heavy (non-hydrogen) atoms. The van der Waals surface area contributed by atoms with Gasteiger partial charge in [0.1, 0.15) is 0 Å². The number of benzene rings is 1. The van der Waals surface area contributed by atoms with Crippen molar-refractivity contribution in [1.29, 1.82) is 0 Å². The van der Waals surface area contributed by atoms with E-state index >= 15 is 0 Å². The number of likely N-dealkylation sites (N-methyl/N-ethyl adjacent to an activating group) is 1. The van der Waals surface area contributed by atoms with Crippen LogP contribution in [0.3, 0.4) is 0 Å². The summed E-state index contributed by atoms with van der Waals surface area (Å²) in [5.41, 5.74) is 1.27. The van der Waals surface area contributed by atoms with Crippen LogP contribution in [0.4, 0.5) is 0 Å². The molecule has 1 aromatic carbocycles. The van der Waals surface area contributed by atoms with Gasteiger partial charge in [0.25, 0.3) is 0 Å². The predicted molar refractivity (Wildman–Crippen MR) is 67.5 cm³/mol. The molecule has 0 fully saturated rings. The summed E-state index contributed by atoms with van der Waals surface area (Å²) >= 11 is 2.35. The number of ether oxygens (including phenoxy) is 1. The maximum absolute atomic E-state index is 5.48. The molecule has 0 aliphatic carbocycles. The van der Waals surface area contributed by atoms with Crippen LogP contribution in [0.25, 0.3) is 0 Å². The Bertz CT molecular complexity index is 288. The number of hydrogen-bond donors (Lipinski definition) is 0. The molecule has 1 rings (SSSR count). The molecule has 0 radical (unpaired) electrons. The first-order valence-electron chi connectivity index (χ1n) is 4.57. The van der Waals surface area contributed by atoms with Gasteiger partial charge < -0.3 is 9.64 Å². The van der Waals surface area contributed by atoms with Crippen LogP contribution in [0, 0.1) is 3.57 Å². The van der Waals surface area contributed by atoms with Gasteiger partial charge in [-0.3, -0.25) is 0 Å². The molecular weight excluding hydrogens is 289 g/mol. The van der Waals surface area contributed by atoms with Crippen LogP contribution in [0.1, 0.15) is 11.7 Å². The van der Waals surface area contributed by atoms with Gasteiger partial charge in [0.05, 0.1) is 6.10 Å². The van der Waals surface area contributed by atoms with Gasteiger partial charge >= 0.3 is 0 Å². The summed E-state index contributed by atoms with van der Waals surface area (Å²) in [5, 5.41) is 0. The first-order valence-corrected chi connectivity index (χ1v) is 5.65. The minimum absolute atomic E-state index is 0.165. The molecule has 0 aliphatic rings. The smallest absolute Gasteiger partial charge is 0.0957 e. The Kier molecular flexibility index (Phi) is 4.84. The molecule has 1 aromatic rings. The monoisotopic (exact) mass is 305 g/mol. The molecule has 0 bridgehead atoms. The average Bonchev–Trinajstić information content (AvgIpc) is 2.15. The highest BCUT2D eigenvalue weighted by atomic mass is 127. The molecule has 1 atom stereocenters. The van der Waals surface area contributed by atoms with Crippen LogP contribution in [-0.4, -0.2) is 32.6 Å². The molecule has 0 N–H and O–H groups in total. The maximum atomic E-state index is 5.48. The van der Waals surface area contributed by atoms with Gasteiger partial charge in [-0.15, -0.1) is 0 Å². The topological polar surface area (TPSA) is 12.5 Å². The van der Waals surface area contributed by atoms with E-state index in [1.54, 1.807) is 7.11 Å².